The molecule has 1 aromatic heterocycles. The van der Waals surface area contributed by atoms with Crippen molar-refractivity contribution in [2.45, 2.75) is 13.5 Å². The standard InChI is InChI=1S/C12H13BrN2O/c1-9-7-10(15(2)14-9)8-16-12-6-4-3-5-11(12)13/h3-7H,8H2,1-2H3. The van der Waals surface area contributed by atoms with Crippen LogP contribution in [0.15, 0.2) is 34.8 Å². The first-order chi connectivity index (χ1) is 7.66. The molecule has 1 heterocycles. The fraction of sp³-hybridized carbons (Fsp3) is 0.250. The zero-order valence-electron chi connectivity index (χ0n) is 9.27. The third kappa shape index (κ3) is 2.44. The average Bonchev–Trinajstić information content (AvgIpc) is 2.56. The van der Waals surface area contributed by atoms with E-state index in [2.05, 4.69) is 21.0 Å². The van der Waals surface area contributed by atoms with Gasteiger partial charge in [-0.25, -0.2) is 0 Å². The Labute approximate surface area is 103 Å². The summed E-state index contributed by atoms with van der Waals surface area (Å²) in [7, 11) is 1.92. The molecule has 84 valence electrons. The fourth-order valence-corrected chi connectivity index (χ4v) is 1.91. The van der Waals surface area contributed by atoms with Crippen molar-refractivity contribution in [3.8, 4) is 5.75 Å². The Bertz CT molecular complexity index is 494. The Morgan fingerprint density at radius 1 is 1.38 bits per heavy atom. The lowest BCUT2D eigenvalue weighted by atomic mass is 10.3. The number of para-hydroxylation sites is 1. The second-order valence-electron chi connectivity index (χ2n) is 3.62. The lowest BCUT2D eigenvalue weighted by molar-refractivity contribution is 0.293. The number of nitrogens with zero attached hydrogens (tertiary/aromatic N) is 2. The second kappa shape index (κ2) is 4.70. The normalized spacial score (nSPS) is 10.4. The number of aryl methyl sites for hydroxylation is 2. The highest BCUT2D eigenvalue weighted by Crippen LogP contribution is 2.24. The van der Waals surface area contributed by atoms with E-state index in [0.29, 0.717) is 6.61 Å². The summed E-state index contributed by atoms with van der Waals surface area (Å²) in [6, 6.07) is 9.84. The number of hydrogen-bond donors (Lipinski definition) is 0. The van der Waals surface area contributed by atoms with Gasteiger partial charge in [0.1, 0.15) is 12.4 Å². The van der Waals surface area contributed by atoms with Crippen LogP contribution >= 0.6 is 15.9 Å². The van der Waals surface area contributed by atoms with Gasteiger partial charge in [0.25, 0.3) is 0 Å². The summed E-state index contributed by atoms with van der Waals surface area (Å²) < 4.78 is 8.52. The molecular weight excluding hydrogens is 268 g/mol. The van der Waals surface area contributed by atoms with Gasteiger partial charge in [0, 0.05) is 7.05 Å². The average molecular weight is 281 g/mol. The smallest absolute Gasteiger partial charge is 0.134 e. The lowest BCUT2D eigenvalue weighted by Crippen LogP contribution is -2.03. The molecule has 0 atom stereocenters. The van der Waals surface area contributed by atoms with Gasteiger partial charge in [0.05, 0.1) is 15.9 Å². The molecule has 0 saturated heterocycles. The molecule has 0 fully saturated rings. The number of benzene rings is 1. The summed E-state index contributed by atoms with van der Waals surface area (Å²) in [5.41, 5.74) is 2.07. The third-order valence-electron chi connectivity index (χ3n) is 2.31. The van der Waals surface area contributed by atoms with Gasteiger partial charge in [-0.05, 0) is 41.1 Å². The van der Waals surface area contributed by atoms with E-state index in [1.165, 1.54) is 0 Å². The zero-order valence-corrected chi connectivity index (χ0v) is 10.9. The second-order valence-corrected chi connectivity index (χ2v) is 4.47. The molecule has 2 rings (SSSR count). The Morgan fingerprint density at radius 2 is 2.12 bits per heavy atom. The molecule has 0 unspecified atom stereocenters. The van der Waals surface area contributed by atoms with Crippen LogP contribution in [0, 0.1) is 6.92 Å². The summed E-state index contributed by atoms with van der Waals surface area (Å²) in [5, 5.41) is 4.27. The van der Waals surface area contributed by atoms with Gasteiger partial charge in [-0.2, -0.15) is 5.10 Å². The van der Waals surface area contributed by atoms with Crippen LogP contribution in [0.3, 0.4) is 0 Å². The first-order valence-corrected chi connectivity index (χ1v) is 5.83. The maximum Gasteiger partial charge on any atom is 0.134 e. The summed E-state index contributed by atoms with van der Waals surface area (Å²) in [6.45, 7) is 2.50. The zero-order chi connectivity index (χ0) is 11.5. The molecule has 1 aromatic carbocycles. The van der Waals surface area contributed by atoms with Gasteiger partial charge < -0.3 is 4.74 Å². The Balaban J connectivity index is 2.08. The molecule has 0 aliphatic rings. The number of ether oxygens (including phenoxy) is 1. The molecule has 0 bridgehead atoms. The topological polar surface area (TPSA) is 27.1 Å². The first-order valence-electron chi connectivity index (χ1n) is 5.03. The molecule has 0 spiro atoms. The molecule has 0 saturated carbocycles. The maximum absolute atomic E-state index is 5.71. The van der Waals surface area contributed by atoms with E-state index in [9.17, 15) is 0 Å². The van der Waals surface area contributed by atoms with Gasteiger partial charge in [0.2, 0.25) is 0 Å². The van der Waals surface area contributed by atoms with Crippen molar-refractivity contribution >= 4 is 15.9 Å². The van der Waals surface area contributed by atoms with Crippen LogP contribution in [0.1, 0.15) is 11.4 Å². The molecule has 2 aromatic rings. The van der Waals surface area contributed by atoms with Gasteiger partial charge in [-0.1, -0.05) is 12.1 Å². The van der Waals surface area contributed by atoms with Crippen LogP contribution in [0.4, 0.5) is 0 Å². The molecule has 0 N–H and O–H groups in total. The minimum Gasteiger partial charge on any atom is -0.486 e. The molecule has 3 nitrogen and oxygen atoms in total. The quantitative estimate of drug-likeness (QED) is 0.864. The minimum absolute atomic E-state index is 0.528. The Morgan fingerprint density at radius 3 is 2.75 bits per heavy atom. The third-order valence-corrected chi connectivity index (χ3v) is 2.97. The first kappa shape index (κ1) is 11.2. The number of hydrogen-bond acceptors (Lipinski definition) is 2. The summed E-state index contributed by atoms with van der Waals surface area (Å²) >= 11 is 3.45. The molecule has 0 radical (unpaired) electrons. The van der Waals surface area contributed by atoms with Crippen LogP contribution in [-0.4, -0.2) is 9.78 Å². The van der Waals surface area contributed by atoms with Gasteiger partial charge in [0.15, 0.2) is 0 Å². The monoisotopic (exact) mass is 280 g/mol. The Kier molecular flexibility index (Phi) is 3.29. The van der Waals surface area contributed by atoms with Crippen molar-refractivity contribution in [2.24, 2.45) is 7.05 Å². The van der Waals surface area contributed by atoms with E-state index in [1.807, 2.05) is 49.0 Å². The summed E-state index contributed by atoms with van der Waals surface area (Å²) in [4.78, 5) is 0. The molecule has 4 heteroatoms. The van der Waals surface area contributed by atoms with Crippen LogP contribution < -0.4 is 4.74 Å². The highest BCUT2D eigenvalue weighted by atomic mass is 79.9. The van der Waals surface area contributed by atoms with Crippen LogP contribution in [0.5, 0.6) is 5.75 Å². The molecule has 16 heavy (non-hydrogen) atoms. The van der Waals surface area contributed by atoms with Crippen LogP contribution in [0.25, 0.3) is 0 Å². The van der Waals surface area contributed by atoms with Crippen molar-refractivity contribution in [1.82, 2.24) is 9.78 Å². The van der Waals surface area contributed by atoms with Gasteiger partial charge >= 0.3 is 0 Å². The highest BCUT2D eigenvalue weighted by Gasteiger charge is 2.04. The van der Waals surface area contributed by atoms with Gasteiger partial charge in [-0.15, -0.1) is 0 Å². The SMILES string of the molecule is Cc1cc(COc2ccccc2Br)n(C)n1. The van der Waals surface area contributed by atoms with Crippen molar-refractivity contribution < 1.29 is 4.74 Å². The molecule has 0 aliphatic heterocycles. The van der Waals surface area contributed by atoms with E-state index in [1.54, 1.807) is 0 Å². The largest absolute Gasteiger partial charge is 0.486 e. The predicted octanol–water partition coefficient (Wildman–Crippen LogP) is 3.07. The predicted molar refractivity (Wildman–Crippen MR) is 66.4 cm³/mol. The molecular formula is C12H13BrN2O. The van der Waals surface area contributed by atoms with Crippen LogP contribution in [-0.2, 0) is 13.7 Å². The van der Waals surface area contributed by atoms with E-state index >= 15 is 0 Å². The van der Waals surface area contributed by atoms with E-state index in [-0.39, 0.29) is 0 Å². The molecule has 0 aliphatic carbocycles. The highest BCUT2D eigenvalue weighted by molar-refractivity contribution is 9.10. The van der Waals surface area contributed by atoms with Crippen LogP contribution in [0.2, 0.25) is 0 Å². The van der Waals surface area contributed by atoms with E-state index in [4.69, 9.17) is 4.74 Å². The van der Waals surface area contributed by atoms with Gasteiger partial charge in [-0.3, -0.25) is 4.68 Å². The number of aromatic nitrogens is 2. The maximum atomic E-state index is 5.71. The Hall–Kier alpha value is -1.29. The van der Waals surface area contributed by atoms with Crippen molar-refractivity contribution in [3.63, 3.8) is 0 Å². The fourth-order valence-electron chi connectivity index (χ4n) is 1.51. The van der Waals surface area contributed by atoms with E-state index in [0.717, 1.165) is 21.6 Å². The van der Waals surface area contributed by atoms with Crippen molar-refractivity contribution in [1.29, 1.82) is 0 Å². The summed E-state index contributed by atoms with van der Waals surface area (Å²) in [5.74, 6) is 0.848. The lowest BCUT2D eigenvalue weighted by Gasteiger charge is -2.07. The van der Waals surface area contributed by atoms with E-state index < -0.39 is 0 Å². The van der Waals surface area contributed by atoms with Crippen molar-refractivity contribution in [3.05, 3.63) is 46.2 Å². The minimum atomic E-state index is 0.528. The number of rotatable bonds is 3. The summed E-state index contributed by atoms with van der Waals surface area (Å²) in [6.07, 6.45) is 0. The molecule has 0 amide bonds. The van der Waals surface area contributed by atoms with Crippen molar-refractivity contribution in [2.75, 3.05) is 0 Å². The number of halogens is 1.